The maximum atomic E-state index is 11.9. The van der Waals surface area contributed by atoms with Crippen LogP contribution in [0.4, 0.5) is 5.69 Å². The van der Waals surface area contributed by atoms with Gasteiger partial charge in [-0.05, 0) is 12.1 Å². The molecule has 1 aromatic carbocycles. The van der Waals surface area contributed by atoms with Crippen molar-refractivity contribution < 1.29 is 14.6 Å². The van der Waals surface area contributed by atoms with Gasteiger partial charge < -0.3 is 14.7 Å². The summed E-state index contributed by atoms with van der Waals surface area (Å²) in [5.74, 6) is 0.517. The summed E-state index contributed by atoms with van der Waals surface area (Å²) >= 11 is 6.11. The van der Waals surface area contributed by atoms with Crippen LogP contribution in [0.2, 0.25) is 5.02 Å². The van der Waals surface area contributed by atoms with Gasteiger partial charge in [-0.15, -0.1) is 0 Å². The molecule has 1 atom stereocenters. The Kier molecular flexibility index (Phi) is 3.54. The maximum absolute atomic E-state index is 11.9. The topological polar surface area (TPSA) is 49.8 Å². The van der Waals surface area contributed by atoms with Crippen LogP contribution in [0.25, 0.3) is 0 Å². The number of rotatable bonds is 3. The monoisotopic (exact) mass is 255 g/mol. The van der Waals surface area contributed by atoms with E-state index in [9.17, 15) is 4.79 Å². The minimum atomic E-state index is -0.0320. The molecule has 4 nitrogen and oxygen atoms in total. The van der Waals surface area contributed by atoms with Gasteiger partial charge in [0, 0.05) is 25.5 Å². The minimum Gasteiger partial charge on any atom is -0.495 e. The molecule has 0 saturated carbocycles. The Hall–Kier alpha value is -1.26. The summed E-state index contributed by atoms with van der Waals surface area (Å²) in [6.07, 6.45) is 0.352. The van der Waals surface area contributed by atoms with Crippen LogP contribution in [0.5, 0.6) is 5.75 Å². The number of amides is 1. The molecular weight excluding hydrogens is 242 g/mol. The van der Waals surface area contributed by atoms with Crippen molar-refractivity contribution in [3.8, 4) is 5.75 Å². The molecule has 1 aromatic rings. The van der Waals surface area contributed by atoms with Crippen LogP contribution in [-0.2, 0) is 4.79 Å². The number of anilines is 1. The predicted octanol–water partition coefficient (Wildman–Crippen LogP) is 1.69. The molecule has 0 bridgehead atoms. The second kappa shape index (κ2) is 4.94. The van der Waals surface area contributed by atoms with Crippen molar-refractivity contribution >= 4 is 23.2 Å². The fourth-order valence-corrected chi connectivity index (χ4v) is 2.31. The molecule has 0 aliphatic carbocycles. The molecule has 1 unspecified atom stereocenters. The molecule has 17 heavy (non-hydrogen) atoms. The third-order valence-electron chi connectivity index (χ3n) is 2.90. The zero-order valence-corrected chi connectivity index (χ0v) is 10.3. The lowest BCUT2D eigenvalue weighted by atomic mass is 10.1. The Morgan fingerprint density at radius 1 is 1.59 bits per heavy atom. The predicted molar refractivity (Wildman–Crippen MR) is 65.5 cm³/mol. The first kappa shape index (κ1) is 12.2. The van der Waals surface area contributed by atoms with E-state index in [1.807, 2.05) is 0 Å². The van der Waals surface area contributed by atoms with Crippen molar-refractivity contribution in [2.45, 2.75) is 6.42 Å². The largest absolute Gasteiger partial charge is 0.495 e. The van der Waals surface area contributed by atoms with Gasteiger partial charge in [-0.3, -0.25) is 4.79 Å². The van der Waals surface area contributed by atoms with Crippen molar-refractivity contribution in [1.82, 2.24) is 0 Å². The number of halogens is 1. The SMILES string of the molecule is COc1cccc(Cl)c1N1CC(CO)CC1=O. The number of ether oxygens (including phenoxy) is 1. The molecule has 1 saturated heterocycles. The number of carbonyl (C=O) groups is 1. The first-order chi connectivity index (χ1) is 8.17. The molecule has 2 rings (SSSR count). The summed E-state index contributed by atoms with van der Waals surface area (Å²) in [5.41, 5.74) is 0.595. The van der Waals surface area contributed by atoms with Gasteiger partial charge in [0.25, 0.3) is 0 Å². The minimum absolute atomic E-state index is 0.00894. The molecule has 1 amide bonds. The quantitative estimate of drug-likeness (QED) is 0.894. The number of methoxy groups -OCH3 is 1. The van der Waals surface area contributed by atoms with Crippen molar-refractivity contribution in [2.75, 3.05) is 25.2 Å². The molecule has 1 aliphatic heterocycles. The molecule has 1 heterocycles. The van der Waals surface area contributed by atoms with Crippen LogP contribution >= 0.6 is 11.6 Å². The highest BCUT2D eigenvalue weighted by atomic mass is 35.5. The van der Waals surface area contributed by atoms with E-state index >= 15 is 0 Å². The number of aliphatic hydroxyl groups is 1. The second-order valence-corrected chi connectivity index (χ2v) is 4.45. The van der Waals surface area contributed by atoms with E-state index in [4.69, 9.17) is 21.4 Å². The average molecular weight is 256 g/mol. The van der Waals surface area contributed by atoms with Gasteiger partial charge in [-0.25, -0.2) is 0 Å². The maximum Gasteiger partial charge on any atom is 0.227 e. The van der Waals surface area contributed by atoms with Crippen LogP contribution < -0.4 is 9.64 Å². The van der Waals surface area contributed by atoms with Crippen molar-refractivity contribution in [3.05, 3.63) is 23.2 Å². The fraction of sp³-hybridized carbons (Fsp3) is 0.417. The van der Waals surface area contributed by atoms with E-state index < -0.39 is 0 Å². The van der Waals surface area contributed by atoms with Gasteiger partial charge in [0.05, 0.1) is 12.1 Å². The highest BCUT2D eigenvalue weighted by Crippen LogP contribution is 2.38. The van der Waals surface area contributed by atoms with Crippen LogP contribution in [-0.4, -0.2) is 31.3 Å². The normalized spacial score (nSPS) is 19.8. The molecule has 0 radical (unpaired) electrons. The van der Waals surface area contributed by atoms with Crippen LogP contribution in [0.1, 0.15) is 6.42 Å². The summed E-state index contributed by atoms with van der Waals surface area (Å²) in [6, 6.07) is 5.26. The Labute approximate surface area is 105 Å². The Bertz CT molecular complexity index is 436. The molecule has 0 spiro atoms. The standard InChI is InChI=1S/C12H14ClNO3/c1-17-10-4-2-3-9(13)12(10)14-6-8(7-15)5-11(14)16/h2-4,8,15H,5-7H2,1H3. The molecule has 5 heteroatoms. The van der Waals surface area contributed by atoms with E-state index in [2.05, 4.69) is 0 Å². The lowest BCUT2D eigenvalue weighted by Gasteiger charge is -2.20. The van der Waals surface area contributed by atoms with E-state index in [-0.39, 0.29) is 18.4 Å². The van der Waals surface area contributed by atoms with Crippen molar-refractivity contribution in [3.63, 3.8) is 0 Å². The first-order valence-corrected chi connectivity index (χ1v) is 5.79. The Balaban J connectivity index is 2.37. The van der Waals surface area contributed by atoms with Gasteiger partial charge in [0.1, 0.15) is 11.4 Å². The van der Waals surface area contributed by atoms with Gasteiger partial charge in [0.15, 0.2) is 0 Å². The Morgan fingerprint density at radius 3 is 2.94 bits per heavy atom. The molecule has 1 aliphatic rings. The molecule has 1 fully saturated rings. The average Bonchev–Trinajstić information content (AvgIpc) is 2.70. The zero-order chi connectivity index (χ0) is 12.4. The number of hydrogen-bond acceptors (Lipinski definition) is 3. The summed E-state index contributed by atoms with van der Waals surface area (Å²) in [5, 5.41) is 9.58. The molecule has 92 valence electrons. The number of benzene rings is 1. The Morgan fingerprint density at radius 2 is 2.35 bits per heavy atom. The fourth-order valence-electron chi connectivity index (χ4n) is 2.04. The lowest BCUT2D eigenvalue weighted by molar-refractivity contribution is -0.117. The van der Waals surface area contributed by atoms with Crippen molar-refractivity contribution in [2.24, 2.45) is 5.92 Å². The lowest BCUT2D eigenvalue weighted by Crippen LogP contribution is -2.25. The van der Waals surface area contributed by atoms with E-state index in [0.29, 0.717) is 29.4 Å². The number of para-hydroxylation sites is 1. The summed E-state index contributed by atoms with van der Waals surface area (Å²) in [7, 11) is 1.54. The smallest absolute Gasteiger partial charge is 0.227 e. The number of hydrogen-bond donors (Lipinski definition) is 1. The third kappa shape index (κ3) is 2.23. The van der Waals surface area contributed by atoms with E-state index in [1.165, 1.54) is 0 Å². The highest BCUT2D eigenvalue weighted by molar-refractivity contribution is 6.34. The van der Waals surface area contributed by atoms with E-state index in [0.717, 1.165) is 0 Å². The number of nitrogens with zero attached hydrogens (tertiary/aromatic N) is 1. The number of aliphatic hydroxyl groups excluding tert-OH is 1. The van der Waals surface area contributed by atoms with Gasteiger partial charge >= 0.3 is 0 Å². The first-order valence-electron chi connectivity index (χ1n) is 5.41. The molecule has 0 aromatic heterocycles. The van der Waals surface area contributed by atoms with E-state index in [1.54, 1.807) is 30.2 Å². The molecule has 1 N–H and O–H groups in total. The summed E-state index contributed by atoms with van der Waals surface area (Å²) in [4.78, 5) is 13.5. The van der Waals surface area contributed by atoms with Crippen LogP contribution in [0.15, 0.2) is 18.2 Å². The van der Waals surface area contributed by atoms with Gasteiger partial charge in [-0.2, -0.15) is 0 Å². The summed E-state index contributed by atoms with van der Waals surface area (Å²) in [6.45, 7) is 0.491. The zero-order valence-electron chi connectivity index (χ0n) is 9.52. The van der Waals surface area contributed by atoms with Crippen LogP contribution in [0.3, 0.4) is 0 Å². The number of carbonyl (C=O) groups excluding carboxylic acids is 1. The second-order valence-electron chi connectivity index (χ2n) is 4.05. The van der Waals surface area contributed by atoms with Gasteiger partial charge in [0.2, 0.25) is 5.91 Å². The third-order valence-corrected chi connectivity index (χ3v) is 3.21. The molecular formula is C12H14ClNO3. The van der Waals surface area contributed by atoms with Crippen LogP contribution in [0, 0.1) is 5.92 Å². The highest BCUT2D eigenvalue weighted by Gasteiger charge is 2.32. The summed E-state index contributed by atoms with van der Waals surface area (Å²) < 4.78 is 5.21. The van der Waals surface area contributed by atoms with Crippen molar-refractivity contribution in [1.29, 1.82) is 0 Å². The van der Waals surface area contributed by atoms with Gasteiger partial charge in [-0.1, -0.05) is 17.7 Å².